The van der Waals surface area contributed by atoms with Crippen LogP contribution in [0.5, 0.6) is 11.5 Å². The van der Waals surface area contributed by atoms with Crippen LogP contribution in [0.1, 0.15) is 31.2 Å². The van der Waals surface area contributed by atoms with Gasteiger partial charge in [0.2, 0.25) is 0 Å². The van der Waals surface area contributed by atoms with E-state index in [-0.39, 0.29) is 5.92 Å². The van der Waals surface area contributed by atoms with Gasteiger partial charge in [-0.3, -0.25) is 4.79 Å². The van der Waals surface area contributed by atoms with Crippen molar-refractivity contribution in [2.24, 2.45) is 11.8 Å². The number of hydrogen-bond donors (Lipinski definition) is 1. The second-order valence-electron chi connectivity index (χ2n) is 6.06. The minimum atomic E-state index is -0.649. The summed E-state index contributed by atoms with van der Waals surface area (Å²) < 4.78 is 5.78. The van der Waals surface area contributed by atoms with Gasteiger partial charge >= 0.3 is 5.97 Å². The molecule has 22 heavy (non-hydrogen) atoms. The first-order valence-electron chi connectivity index (χ1n) is 7.69. The van der Waals surface area contributed by atoms with Gasteiger partial charge in [-0.2, -0.15) is 0 Å². The van der Waals surface area contributed by atoms with Crippen molar-refractivity contribution in [1.29, 1.82) is 0 Å². The molecule has 0 amide bonds. The van der Waals surface area contributed by atoms with E-state index in [1.54, 1.807) is 0 Å². The largest absolute Gasteiger partial charge is 0.481 e. The lowest BCUT2D eigenvalue weighted by atomic mass is 9.95. The summed E-state index contributed by atoms with van der Waals surface area (Å²) in [5.41, 5.74) is 1.23. The zero-order valence-electron chi connectivity index (χ0n) is 12.6. The molecule has 1 fully saturated rings. The molecule has 2 aromatic rings. The lowest BCUT2D eigenvalue weighted by Gasteiger charge is -2.12. The summed E-state index contributed by atoms with van der Waals surface area (Å²) in [6, 6.07) is 17.8. The van der Waals surface area contributed by atoms with Gasteiger partial charge in [0, 0.05) is 0 Å². The van der Waals surface area contributed by atoms with Gasteiger partial charge in [-0.1, -0.05) is 37.3 Å². The third-order valence-electron chi connectivity index (χ3n) is 4.32. The fourth-order valence-corrected chi connectivity index (χ4v) is 2.89. The molecule has 0 heterocycles. The van der Waals surface area contributed by atoms with E-state index in [9.17, 15) is 4.79 Å². The minimum absolute atomic E-state index is 0.122. The first kappa shape index (κ1) is 14.6. The molecule has 2 aromatic carbocycles. The Balaban J connectivity index is 1.58. The van der Waals surface area contributed by atoms with E-state index < -0.39 is 5.97 Å². The monoisotopic (exact) mass is 296 g/mol. The maximum atomic E-state index is 10.9. The van der Waals surface area contributed by atoms with Crippen LogP contribution < -0.4 is 4.74 Å². The Morgan fingerprint density at radius 1 is 1.14 bits per heavy atom. The molecule has 3 atom stereocenters. The van der Waals surface area contributed by atoms with Gasteiger partial charge < -0.3 is 9.84 Å². The van der Waals surface area contributed by atoms with Crippen LogP contribution in [0.3, 0.4) is 0 Å². The maximum Gasteiger partial charge on any atom is 0.306 e. The predicted molar refractivity (Wildman–Crippen MR) is 85.2 cm³/mol. The average molecular weight is 296 g/mol. The minimum Gasteiger partial charge on any atom is -0.481 e. The van der Waals surface area contributed by atoms with Crippen LogP contribution >= 0.6 is 0 Å². The van der Waals surface area contributed by atoms with Gasteiger partial charge in [0.1, 0.15) is 11.5 Å². The topological polar surface area (TPSA) is 46.5 Å². The molecule has 1 saturated carbocycles. The zero-order chi connectivity index (χ0) is 15.5. The van der Waals surface area contributed by atoms with E-state index in [0.29, 0.717) is 11.8 Å². The molecule has 1 aliphatic carbocycles. The van der Waals surface area contributed by atoms with Crippen molar-refractivity contribution in [3.05, 3.63) is 60.2 Å². The summed E-state index contributed by atoms with van der Waals surface area (Å²) in [5, 5.41) is 8.97. The summed E-state index contributed by atoms with van der Waals surface area (Å²) in [5.74, 6) is 1.59. The van der Waals surface area contributed by atoms with Crippen LogP contribution in [0.2, 0.25) is 0 Å². The molecule has 0 aliphatic heterocycles. The normalized spacial score (nSPS) is 21.1. The number of carboxylic acids is 1. The fourth-order valence-electron chi connectivity index (χ4n) is 2.89. The van der Waals surface area contributed by atoms with Crippen LogP contribution in [-0.4, -0.2) is 11.1 Å². The van der Waals surface area contributed by atoms with Crippen molar-refractivity contribution in [1.82, 2.24) is 0 Å². The molecule has 0 spiro atoms. The van der Waals surface area contributed by atoms with Crippen molar-refractivity contribution in [2.75, 3.05) is 0 Å². The van der Waals surface area contributed by atoms with Crippen molar-refractivity contribution >= 4 is 5.97 Å². The van der Waals surface area contributed by atoms with Gasteiger partial charge in [-0.15, -0.1) is 0 Å². The zero-order valence-corrected chi connectivity index (χ0v) is 12.6. The molecule has 1 N–H and O–H groups in total. The summed E-state index contributed by atoms with van der Waals surface area (Å²) in [6.45, 7) is 2.16. The van der Waals surface area contributed by atoms with Gasteiger partial charge in [0.05, 0.1) is 5.92 Å². The number of ether oxygens (including phenoxy) is 1. The fraction of sp³-hybridized carbons (Fsp3) is 0.316. The van der Waals surface area contributed by atoms with Crippen LogP contribution in [0, 0.1) is 11.8 Å². The van der Waals surface area contributed by atoms with E-state index in [1.165, 1.54) is 5.56 Å². The second-order valence-corrected chi connectivity index (χ2v) is 6.06. The van der Waals surface area contributed by atoms with Crippen molar-refractivity contribution in [3.63, 3.8) is 0 Å². The number of benzene rings is 2. The van der Waals surface area contributed by atoms with Crippen LogP contribution in [-0.2, 0) is 4.79 Å². The standard InChI is InChI=1S/C19H20O3/c1-13(11-15-12-18(15)19(20)21)14-7-9-17(10-8-14)22-16-5-3-2-4-6-16/h2-10,13,15,18H,11-12H2,1H3,(H,20,21). The molecule has 3 rings (SSSR count). The number of hydrogen-bond acceptors (Lipinski definition) is 2. The molecular formula is C19H20O3. The molecule has 114 valence electrons. The average Bonchev–Trinajstić information content (AvgIpc) is 3.28. The highest BCUT2D eigenvalue weighted by Crippen LogP contribution is 2.45. The maximum absolute atomic E-state index is 10.9. The van der Waals surface area contributed by atoms with E-state index in [2.05, 4.69) is 19.1 Å². The van der Waals surface area contributed by atoms with Gasteiger partial charge in [-0.05, 0) is 54.5 Å². The summed E-state index contributed by atoms with van der Waals surface area (Å²) in [4.78, 5) is 10.9. The highest BCUT2D eigenvalue weighted by molar-refractivity contribution is 5.73. The van der Waals surface area contributed by atoms with E-state index >= 15 is 0 Å². The molecule has 0 radical (unpaired) electrons. The molecular weight excluding hydrogens is 276 g/mol. The third kappa shape index (κ3) is 3.48. The molecule has 3 heteroatoms. The van der Waals surface area contributed by atoms with Gasteiger partial charge in [-0.25, -0.2) is 0 Å². The molecule has 1 aliphatic rings. The highest BCUT2D eigenvalue weighted by atomic mass is 16.5. The van der Waals surface area contributed by atoms with Crippen molar-refractivity contribution in [2.45, 2.75) is 25.7 Å². The Hall–Kier alpha value is -2.29. The Bertz CT molecular complexity index is 633. The Morgan fingerprint density at radius 3 is 2.36 bits per heavy atom. The number of rotatable bonds is 6. The highest BCUT2D eigenvalue weighted by Gasteiger charge is 2.43. The number of carboxylic acid groups (broad SMARTS) is 1. The molecule has 0 bridgehead atoms. The summed E-state index contributed by atoms with van der Waals surface area (Å²) in [6.07, 6.45) is 1.77. The van der Waals surface area contributed by atoms with Crippen molar-refractivity contribution in [3.8, 4) is 11.5 Å². The van der Waals surface area contributed by atoms with Crippen LogP contribution in [0.15, 0.2) is 54.6 Å². The molecule has 0 saturated heterocycles. The lowest BCUT2D eigenvalue weighted by molar-refractivity contribution is -0.138. The third-order valence-corrected chi connectivity index (χ3v) is 4.32. The van der Waals surface area contributed by atoms with Gasteiger partial charge in [0.15, 0.2) is 0 Å². The van der Waals surface area contributed by atoms with Crippen LogP contribution in [0.4, 0.5) is 0 Å². The predicted octanol–water partition coefficient (Wildman–Crippen LogP) is 4.69. The van der Waals surface area contributed by atoms with Gasteiger partial charge in [0.25, 0.3) is 0 Å². The Kier molecular flexibility index (Phi) is 4.14. The number of carbonyl (C=O) groups is 1. The number of aliphatic carboxylic acids is 1. The summed E-state index contributed by atoms with van der Waals surface area (Å²) in [7, 11) is 0. The Labute approximate surface area is 130 Å². The van der Waals surface area contributed by atoms with Crippen LogP contribution in [0.25, 0.3) is 0 Å². The lowest BCUT2D eigenvalue weighted by Crippen LogP contribution is -2.02. The van der Waals surface area contributed by atoms with E-state index in [1.807, 2.05) is 42.5 Å². The smallest absolute Gasteiger partial charge is 0.306 e. The Morgan fingerprint density at radius 2 is 1.77 bits per heavy atom. The molecule has 3 unspecified atom stereocenters. The van der Waals surface area contributed by atoms with Crippen molar-refractivity contribution < 1.29 is 14.6 Å². The number of para-hydroxylation sites is 1. The van der Waals surface area contributed by atoms with E-state index in [0.717, 1.165) is 24.3 Å². The second kappa shape index (κ2) is 6.22. The summed E-state index contributed by atoms with van der Waals surface area (Å²) >= 11 is 0. The molecule has 3 nitrogen and oxygen atoms in total. The first-order valence-corrected chi connectivity index (χ1v) is 7.69. The quantitative estimate of drug-likeness (QED) is 0.841. The van der Waals surface area contributed by atoms with E-state index in [4.69, 9.17) is 9.84 Å². The SMILES string of the molecule is CC(CC1CC1C(=O)O)c1ccc(Oc2ccccc2)cc1. The first-order chi connectivity index (χ1) is 10.6. The molecule has 0 aromatic heterocycles.